The number of nitrogens with one attached hydrogen (secondary N) is 2. The van der Waals surface area contributed by atoms with Crippen molar-refractivity contribution in [1.29, 1.82) is 0 Å². The Kier molecular flexibility index (Phi) is 22.5. The summed E-state index contributed by atoms with van der Waals surface area (Å²) < 4.78 is 55.8. The Morgan fingerprint density at radius 2 is 1.53 bits per heavy atom. The van der Waals surface area contributed by atoms with Gasteiger partial charge in [0.2, 0.25) is 5.43 Å². The van der Waals surface area contributed by atoms with Gasteiger partial charge in [0.05, 0.1) is 75.8 Å². The number of carbonyl (C=O) groups excluding carboxylic acids is 4. The number of ether oxygens (including phenoxy) is 4. The number of fused-ring (bicyclic) bond motifs is 15. The van der Waals surface area contributed by atoms with Crippen molar-refractivity contribution < 1.29 is 82.3 Å². The van der Waals surface area contributed by atoms with E-state index >= 15 is 8.78 Å². The number of anilines is 3. The summed E-state index contributed by atoms with van der Waals surface area (Å²) in [6, 6.07) is -0.103. The molecule has 27 nitrogen and oxygen atoms in total. The van der Waals surface area contributed by atoms with Crippen molar-refractivity contribution in [2.75, 3.05) is 69.4 Å². The van der Waals surface area contributed by atoms with Crippen LogP contribution in [0.3, 0.4) is 0 Å². The number of aromatic nitrogens is 3. The number of Topliss-reactive ketones (excluding diaryl/α,β-unsaturated/α-hetero) is 1. The summed E-state index contributed by atoms with van der Waals surface area (Å²) in [6.45, 7) is 19.7. The fourth-order valence-corrected chi connectivity index (χ4v) is 12.5. The number of allylic oxidation sites excluding steroid dienone is 2. The van der Waals surface area contributed by atoms with Crippen LogP contribution in [-0.2, 0) is 23.8 Å². The first-order valence-electron chi connectivity index (χ1n) is 31.4. The second-order valence-electron chi connectivity index (χ2n) is 25.4. The van der Waals surface area contributed by atoms with Crippen molar-refractivity contribution in [3.63, 3.8) is 0 Å². The molecule has 3 aromatic carbocycles. The maximum absolute atomic E-state index is 15.6. The molecule has 1 aliphatic carbocycles. The first-order chi connectivity index (χ1) is 45.2. The van der Waals surface area contributed by atoms with E-state index in [4.69, 9.17) is 30.4 Å². The number of hydrogen-bond acceptors (Lipinski definition) is 23. The van der Waals surface area contributed by atoms with Crippen LogP contribution in [0.2, 0.25) is 0 Å². The molecule has 0 spiro atoms. The Morgan fingerprint density at radius 3 is 2.10 bits per heavy atom. The summed E-state index contributed by atoms with van der Waals surface area (Å²) >= 11 is 0. The van der Waals surface area contributed by atoms with Crippen LogP contribution in [0.1, 0.15) is 124 Å². The molecule has 5 bridgehead atoms. The molecule has 12 N–H and O–H groups in total. The summed E-state index contributed by atoms with van der Waals surface area (Å²) in [5.41, 5.74) is 8.25. The SMILES string of the molecule is CO[C@H]1/C=C/O[C@@]2(C)Oc3c(C)c(O)c4c(O)c(c(/C=N\N5CCN(C)CC5)c(O)c4c3C2=O)NC(=O)/C(C)=C\C=C\[C@H](C)[C@H](O)[C@@H](C)[C@@H](O)[C@@H](C)[C@H](OC(C)=O)[C@@H]1C.C[C@@H]1CN(c2c(F)c(N)c3c(=O)c(C(=O)O)cn(C4CC4)c3c2F)C[C@H](C)N1.NC(=O)c1cnccn1. The molecule has 11 atom stereocenters. The number of aromatic carboxylic acids is 1. The number of phenols is 3. The van der Waals surface area contributed by atoms with Gasteiger partial charge in [0.15, 0.2) is 17.4 Å². The van der Waals surface area contributed by atoms with Crippen molar-refractivity contribution in [1.82, 2.24) is 29.8 Å². The van der Waals surface area contributed by atoms with E-state index in [9.17, 15) is 59.4 Å². The van der Waals surface area contributed by atoms with Crippen molar-refractivity contribution in [2.24, 2.45) is 34.5 Å². The highest BCUT2D eigenvalue weighted by Crippen LogP contribution is 2.55. The van der Waals surface area contributed by atoms with Crippen molar-refractivity contribution in [3.8, 4) is 23.0 Å². The number of aromatic hydroxyl groups is 3. The molecule has 29 heteroatoms. The number of carbonyl (C=O) groups is 5. The molecule has 0 radical (unpaired) electrons. The lowest BCUT2D eigenvalue weighted by Crippen LogP contribution is -2.54. The number of esters is 1. The zero-order valence-corrected chi connectivity index (χ0v) is 55.6. The van der Waals surface area contributed by atoms with Crippen molar-refractivity contribution >= 4 is 74.5 Å². The number of carboxylic acids is 1. The summed E-state index contributed by atoms with van der Waals surface area (Å²) in [7, 11) is 3.42. The molecule has 1 saturated carbocycles. The van der Waals surface area contributed by atoms with Crippen LogP contribution in [0.4, 0.5) is 25.8 Å². The number of nitrogens with zero attached hydrogens (tertiary/aromatic N) is 7. The van der Waals surface area contributed by atoms with Gasteiger partial charge in [-0.3, -0.25) is 34.0 Å². The Balaban J connectivity index is 0.000000259. The van der Waals surface area contributed by atoms with E-state index in [1.54, 1.807) is 49.8 Å². The number of aliphatic hydroxyl groups is 2. The number of halogens is 2. The van der Waals surface area contributed by atoms with Crippen LogP contribution in [0, 0.1) is 42.2 Å². The standard InChI is InChI=1S/C43H58N4O12.C19H22F2N4O3.C5H5N3O/c1-21-12-11-13-22(2)42(55)45-33-28(20-44-47-17-15-46(9)16-18-47)37(52)30-31(38(33)53)36(51)26(6)40-32(30)41(54)43(8,59-40)57-19-14-29(56-10)23(3)39(58-27(7)48)25(5)35(50)24(4)34(21)49;1-8-5-24(6-9(2)23-8)17-13(20)15(22)12-16(14(17)21)25(10-3-4-10)7-11(18(12)26)19(27)28;6-5(9)4-3-7-1-2-8-4/h11-14,19-21,23-25,29,34-35,39,49-53H,15-18H2,1-10H3,(H,45,55);7-10,23H,3-6,22H2,1-2H3,(H,27,28);1-3H,(H2,6,9)/b12-11+,19-14+,22-13-,44-20-;;/t21-,23+,24+,25+,29-,34-,35+,39+,43-;8-,9+;/m0../s1. The number of pyridine rings is 1. The number of benzene rings is 3. The van der Waals surface area contributed by atoms with Crippen molar-refractivity contribution in [2.45, 2.75) is 130 Å². The maximum Gasteiger partial charge on any atom is 0.341 e. The Bertz CT molecular complexity index is 4000. The van der Waals surface area contributed by atoms with Gasteiger partial charge >= 0.3 is 17.7 Å². The molecule has 0 unspecified atom stereocenters. The van der Waals surface area contributed by atoms with E-state index in [0.717, 1.165) is 32.1 Å². The molecule has 2 amide bonds. The van der Waals surface area contributed by atoms with E-state index in [0.29, 0.717) is 26.2 Å². The monoisotopic (exact) mass is 1340 g/mol. The lowest BCUT2D eigenvalue weighted by molar-refractivity contribution is -0.160. The summed E-state index contributed by atoms with van der Waals surface area (Å²) in [5, 5.41) is 79.1. The first-order valence-corrected chi connectivity index (χ1v) is 31.4. The van der Waals surface area contributed by atoms with Crippen molar-refractivity contribution in [3.05, 3.63) is 111 Å². The fraction of sp³-hybridized carbons (Fsp3) is 0.478. The minimum Gasteiger partial charge on any atom is -0.507 e. The number of rotatable bonds is 8. The van der Waals surface area contributed by atoms with Gasteiger partial charge in [-0.25, -0.2) is 18.6 Å². The smallest absolute Gasteiger partial charge is 0.341 e. The first kappa shape index (κ1) is 72.5. The summed E-state index contributed by atoms with van der Waals surface area (Å²) in [6.07, 6.45) is 11.7. The van der Waals surface area contributed by atoms with Gasteiger partial charge in [-0.2, -0.15) is 5.10 Å². The second kappa shape index (κ2) is 29.8. The number of hydrogen-bond donors (Lipinski definition) is 10. The number of primary amides is 1. The molecule has 6 aliphatic rings. The molecule has 3 fully saturated rings. The Hall–Kier alpha value is -9.29. The average molecular weight is 1340 g/mol. The number of piperazine rings is 2. The lowest BCUT2D eigenvalue weighted by atomic mass is 9.78. The minimum absolute atomic E-state index is 0.0134. The molecule has 96 heavy (non-hydrogen) atoms. The molecule has 518 valence electrons. The van der Waals surface area contributed by atoms with E-state index in [1.807, 2.05) is 20.9 Å². The Labute approximate surface area is 552 Å². The molecule has 11 rings (SSSR count). The number of phenolic OH excluding ortho intramolecular Hbond substituents is 3. The molecular formula is C67H85F2N11O16. The number of likely N-dealkylation sites (N-methyl/N-ethyl adjacent to an activating group) is 1. The van der Waals surface area contributed by atoms with Crippen LogP contribution in [0.15, 0.2) is 70.8 Å². The maximum atomic E-state index is 15.6. The lowest BCUT2D eigenvalue weighted by Gasteiger charge is -2.38. The number of carboxylic acid groups (broad SMARTS) is 1. The number of aliphatic hydroxyl groups excluding tert-OH is 2. The van der Waals surface area contributed by atoms with Gasteiger partial charge in [-0.05, 0) is 53.7 Å². The van der Waals surface area contributed by atoms with E-state index < -0.39 is 134 Å². The van der Waals surface area contributed by atoms with E-state index in [2.05, 4.69) is 30.6 Å². The Morgan fingerprint density at radius 1 is 0.875 bits per heavy atom. The minimum atomic E-state index is -2.04. The van der Waals surface area contributed by atoms with Gasteiger partial charge in [-0.1, -0.05) is 45.9 Å². The van der Waals surface area contributed by atoms with Gasteiger partial charge in [0.1, 0.15) is 40.3 Å². The number of nitrogen functional groups attached to an aromatic ring is 1. The third-order valence-corrected chi connectivity index (χ3v) is 18.1. The number of ketones is 1. The topological polar surface area (TPSA) is 390 Å². The van der Waals surface area contributed by atoms with Crippen LogP contribution < -0.4 is 37.2 Å². The highest BCUT2D eigenvalue weighted by atomic mass is 19.1. The average Bonchev–Trinajstić information content (AvgIpc) is 1.44. The number of methoxy groups -OCH3 is 1. The van der Waals surface area contributed by atoms with Gasteiger partial charge < -0.3 is 86.1 Å². The highest BCUT2D eigenvalue weighted by Gasteiger charge is 2.50. The van der Waals surface area contributed by atoms with Crippen LogP contribution in [0.25, 0.3) is 21.7 Å². The molecule has 7 heterocycles. The van der Waals surface area contributed by atoms with E-state index in [-0.39, 0.29) is 79.5 Å². The largest absolute Gasteiger partial charge is 0.507 e. The van der Waals surface area contributed by atoms with Gasteiger partial charge in [0.25, 0.3) is 17.6 Å². The molecule has 2 saturated heterocycles. The predicted molar refractivity (Wildman–Crippen MR) is 353 cm³/mol. The summed E-state index contributed by atoms with van der Waals surface area (Å²) in [4.78, 5) is 85.9. The number of nitrogens with two attached hydrogens (primary N) is 2. The molecule has 2 aromatic heterocycles. The third kappa shape index (κ3) is 15.0. The quantitative estimate of drug-likeness (QED) is 0.0280. The zero-order chi connectivity index (χ0) is 70.7. The highest BCUT2D eigenvalue weighted by molar-refractivity contribution is 6.24. The predicted octanol–water partition coefficient (Wildman–Crippen LogP) is 5.99. The third-order valence-electron chi connectivity index (χ3n) is 18.1. The fourth-order valence-electron chi connectivity index (χ4n) is 12.5. The zero-order valence-electron chi connectivity index (χ0n) is 55.6. The second-order valence-corrected chi connectivity index (χ2v) is 25.4. The van der Waals surface area contributed by atoms with Gasteiger partial charge in [-0.15, -0.1) is 0 Å². The molecular weight excluding hydrogens is 1250 g/mol. The number of amides is 2. The normalized spacial score (nSPS) is 27.1. The summed E-state index contributed by atoms with van der Waals surface area (Å²) in [5.74, 6) is -12.2. The molecule has 5 aliphatic heterocycles. The van der Waals surface area contributed by atoms with Crippen LogP contribution in [0.5, 0.6) is 23.0 Å². The van der Waals surface area contributed by atoms with Crippen LogP contribution >= 0.6 is 0 Å². The van der Waals surface area contributed by atoms with Crippen LogP contribution in [-0.4, -0.2) is 187 Å². The van der Waals surface area contributed by atoms with E-state index in [1.165, 1.54) is 82.6 Å². The number of hydrazone groups is 1. The van der Waals surface area contributed by atoms with Gasteiger partial charge in [0, 0.05) is 137 Å². The molecule has 5 aromatic rings.